The molecule has 0 bridgehead atoms. The van der Waals surface area contributed by atoms with Crippen LogP contribution in [-0.4, -0.2) is 20.1 Å². The standard InChI is InChI=1S/C13H19N/c1-4-12-6-8-13(9-7-12)10-11-14(3)5-2/h4,6-9H,1,5,10-11H2,2-3H3/p+1. The molecule has 0 aromatic heterocycles. The molecule has 0 fully saturated rings. The molecule has 1 aromatic rings. The van der Waals surface area contributed by atoms with Gasteiger partial charge < -0.3 is 4.90 Å². The minimum absolute atomic E-state index is 1.16. The molecule has 0 aliphatic heterocycles. The van der Waals surface area contributed by atoms with Crippen LogP contribution in [-0.2, 0) is 6.42 Å². The van der Waals surface area contributed by atoms with Crippen LogP contribution in [0.5, 0.6) is 0 Å². The molecule has 76 valence electrons. The summed E-state index contributed by atoms with van der Waals surface area (Å²) in [5, 5.41) is 0. The lowest BCUT2D eigenvalue weighted by molar-refractivity contribution is -0.877. The highest BCUT2D eigenvalue weighted by molar-refractivity contribution is 5.47. The van der Waals surface area contributed by atoms with Gasteiger partial charge in [-0.1, -0.05) is 36.9 Å². The van der Waals surface area contributed by atoms with Gasteiger partial charge >= 0.3 is 0 Å². The van der Waals surface area contributed by atoms with Gasteiger partial charge in [-0.15, -0.1) is 0 Å². The Balaban J connectivity index is 2.47. The second-order valence-corrected chi connectivity index (χ2v) is 3.76. The van der Waals surface area contributed by atoms with Gasteiger partial charge in [-0.25, -0.2) is 0 Å². The molecule has 0 heterocycles. The number of hydrogen-bond acceptors (Lipinski definition) is 0. The van der Waals surface area contributed by atoms with Gasteiger partial charge in [0.1, 0.15) is 0 Å². The van der Waals surface area contributed by atoms with Crippen LogP contribution in [0, 0.1) is 0 Å². The molecule has 0 saturated heterocycles. The summed E-state index contributed by atoms with van der Waals surface area (Å²) in [7, 11) is 2.23. The van der Waals surface area contributed by atoms with Crippen molar-refractivity contribution >= 4 is 6.08 Å². The maximum Gasteiger partial charge on any atom is 0.0809 e. The van der Waals surface area contributed by atoms with E-state index in [0.717, 1.165) is 6.42 Å². The number of nitrogens with one attached hydrogen (secondary N) is 1. The van der Waals surface area contributed by atoms with Gasteiger partial charge in [-0.3, -0.25) is 0 Å². The summed E-state index contributed by atoms with van der Waals surface area (Å²) in [5.74, 6) is 0. The van der Waals surface area contributed by atoms with Crippen molar-refractivity contribution in [3.63, 3.8) is 0 Å². The normalized spacial score (nSPS) is 12.4. The second kappa shape index (κ2) is 5.61. The molecule has 0 spiro atoms. The van der Waals surface area contributed by atoms with Crippen LogP contribution < -0.4 is 4.90 Å². The van der Waals surface area contributed by atoms with E-state index in [9.17, 15) is 0 Å². The molecule has 1 N–H and O–H groups in total. The molecule has 1 unspecified atom stereocenters. The van der Waals surface area contributed by atoms with Crippen LogP contribution in [0.3, 0.4) is 0 Å². The Hall–Kier alpha value is -1.08. The maximum absolute atomic E-state index is 3.74. The van der Waals surface area contributed by atoms with E-state index in [1.54, 1.807) is 4.90 Å². The molecule has 0 radical (unpaired) electrons. The van der Waals surface area contributed by atoms with Gasteiger partial charge in [0.25, 0.3) is 0 Å². The zero-order valence-corrected chi connectivity index (χ0v) is 9.22. The van der Waals surface area contributed by atoms with Crippen LogP contribution in [0.15, 0.2) is 30.8 Å². The third kappa shape index (κ3) is 3.35. The first-order chi connectivity index (χ1) is 6.76. The van der Waals surface area contributed by atoms with Gasteiger partial charge in [0.2, 0.25) is 0 Å². The molecular weight excluding hydrogens is 170 g/mol. The quantitative estimate of drug-likeness (QED) is 0.716. The summed E-state index contributed by atoms with van der Waals surface area (Å²) in [6, 6.07) is 8.65. The molecule has 1 heteroatoms. The predicted octanol–water partition coefficient (Wildman–Crippen LogP) is 1.41. The average molecular weight is 190 g/mol. The van der Waals surface area contributed by atoms with Crippen molar-refractivity contribution in [3.8, 4) is 0 Å². The molecule has 0 saturated carbocycles. The Labute approximate surface area is 87.1 Å². The van der Waals surface area contributed by atoms with Crippen molar-refractivity contribution in [2.45, 2.75) is 13.3 Å². The first kappa shape index (κ1) is 11.0. The number of likely N-dealkylation sites (N-methyl/N-ethyl adjacent to an activating group) is 1. The lowest BCUT2D eigenvalue weighted by Crippen LogP contribution is -3.08. The minimum Gasteiger partial charge on any atom is -0.337 e. The van der Waals surface area contributed by atoms with Crippen LogP contribution in [0.2, 0.25) is 0 Å². The monoisotopic (exact) mass is 190 g/mol. The van der Waals surface area contributed by atoms with Crippen molar-refractivity contribution < 1.29 is 4.90 Å². The number of hydrogen-bond donors (Lipinski definition) is 1. The Morgan fingerprint density at radius 3 is 2.43 bits per heavy atom. The van der Waals surface area contributed by atoms with Gasteiger partial charge in [-0.2, -0.15) is 0 Å². The van der Waals surface area contributed by atoms with Crippen molar-refractivity contribution in [1.82, 2.24) is 0 Å². The third-order valence-electron chi connectivity index (χ3n) is 2.66. The van der Waals surface area contributed by atoms with Crippen molar-refractivity contribution in [3.05, 3.63) is 42.0 Å². The summed E-state index contributed by atoms with van der Waals surface area (Å²) >= 11 is 0. The average Bonchev–Trinajstić information content (AvgIpc) is 2.26. The van der Waals surface area contributed by atoms with E-state index in [4.69, 9.17) is 0 Å². The molecule has 0 aliphatic carbocycles. The van der Waals surface area contributed by atoms with Crippen LogP contribution in [0.25, 0.3) is 6.08 Å². The Morgan fingerprint density at radius 1 is 1.29 bits per heavy atom. The minimum atomic E-state index is 1.16. The number of quaternary nitrogens is 1. The van der Waals surface area contributed by atoms with E-state index in [1.807, 2.05) is 6.08 Å². The molecule has 1 atom stereocenters. The lowest BCUT2D eigenvalue weighted by atomic mass is 10.1. The highest BCUT2D eigenvalue weighted by Crippen LogP contribution is 2.05. The predicted molar refractivity (Wildman–Crippen MR) is 62.5 cm³/mol. The molecule has 0 aliphatic rings. The van der Waals surface area contributed by atoms with Gasteiger partial charge in [0, 0.05) is 6.42 Å². The molecule has 1 rings (SSSR count). The maximum atomic E-state index is 3.74. The molecule has 1 aromatic carbocycles. The van der Waals surface area contributed by atoms with E-state index in [1.165, 1.54) is 24.2 Å². The summed E-state index contributed by atoms with van der Waals surface area (Å²) in [5.41, 5.74) is 2.62. The molecular formula is C13H20N+. The van der Waals surface area contributed by atoms with Crippen molar-refractivity contribution in [2.24, 2.45) is 0 Å². The highest BCUT2D eigenvalue weighted by Gasteiger charge is 1.98. The van der Waals surface area contributed by atoms with Gasteiger partial charge in [0.05, 0.1) is 20.1 Å². The zero-order chi connectivity index (χ0) is 10.4. The SMILES string of the molecule is C=Cc1ccc(CC[NH+](C)CC)cc1. The fourth-order valence-electron chi connectivity index (χ4n) is 1.35. The fraction of sp³-hybridized carbons (Fsp3) is 0.385. The highest BCUT2D eigenvalue weighted by atomic mass is 15.1. The number of benzene rings is 1. The Bertz CT molecular complexity index is 274. The Morgan fingerprint density at radius 2 is 1.93 bits per heavy atom. The first-order valence-corrected chi connectivity index (χ1v) is 5.29. The molecule has 1 nitrogen and oxygen atoms in total. The van der Waals surface area contributed by atoms with Gasteiger partial charge in [0.15, 0.2) is 0 Å². The summed E-state index contributed by atoms with van der Waals surface area (Å²) in [6.45, 7) is 8.37. The van der Waals surface area contributed by atoms with Crippen molar-refractivity contribution in [1.29, 1.82) is 0 Å². The van der Waals surface area contributed by atoms with E-state index in [0.29, 0.717) is 0 Å². The van der Waals surface area contributed by atoms with Crippen LogP contribution >= 0.6 is 0 Å². The third-order valence-corrected chi connectivity index (χ3v) is 2.66. The van der Waals surface area contributed by atoms with Crippen LogP contribution in [0.1, 0.15) is 18.1 Å². The van der Waals surface area contributed by atoms with E-state index in [-0.39, 0.29) is 0 Å². The summed E-state index contributed by atoms with van der Waals surface area (Å²) in [6.07, 6.45) is 3.05. The second-order valence-electron chi connectivity index (χ2n) is 3.76. The van der Waals surface area contributed by atoms with Crippen LogP contribution in [0.4, 0.5) is 0 Å². The largest absolute Gasteiger partial charge is 0.337 e. The summed E-state index contributed by atoms with van der Waals surface area (Å²) < 4.78 is 0. The molecule has 0 amide bonds. The van der Waals surface area contributed by atoms with E-state index in [2.05, 4.69) is 44.8 Å². The fourth-order valence-corrected chi connectivity index (χ4v) is 1.35. The zero-order valence-electron chi connectivity index (χ0n) is 9.22. The van der Waals surface area contributed by atoms with E-state index < -0.39 is 0 Å². The molecule has 14 heavy (non-hydrogen) atoms. The first-order valence-electron chi connectivity index (χ1n) is 5.29. The lowest BCUT2D eigenvalue weighted by Gasteiger charge is -2.10. The number of rotatable bonds is 5. The Kier molecular flexibility index (Phi) is 4.41. The summed E-state index contributed by atoms with van der Waals surface area (Å²) in [4.78, 5) is 1.58. The topological polar surface area (TPSA) is 4.44 Å². The van der Waals surface area contributed by atoms with Gasteiger partial charge in [-0.05, 0) is 18.1 Å². The van der Waals surface area contributed by atoms with Crippen molar-refractivity contribution in [2.75, 3.05) is 20.1 Å². The smallest absolute Gasteiger partial charge is 0.0809 e. The van der Waals surface area contributed by atoms with E-state index >= 15 is 0 Å².